The molecule has 1 unspecified atom stereocenters. The normalized spacial score (nSPS) is 12.5. The summed E-state index contributed by atoms with van der Waals surface area (Å²) in [4.78, 5) is 17.7. The van der Waals surface area contributed by atoms with Gasteiger partial charge in [0.15, 0.2) is 5.65 Å². The molecule has 0 aliphatic rings. The third-order valence-electron chi connectivity index (χ3n) is 4.51. The van der Waals surface area contributed by atoms with Gasteiger partial charge in [0, 0.05) is 11.7 Å². The number of aryl methyl sites for hydroxylation is 1. The van der Waals surface area contributed by atoms with Gasteiger partial charge in [0.25, 0.3) is 5.91 Å². The number of aromatic nitrogens is 3. The number of fused-ring (bicyclic) bond motifs is 1. The maximum Gasteiger partial charge on any atom is 0.252 e. The first-order chi connectivity index (χ1) is 12.5. The van der Waals surface area contributed by atoms with E-state index in [0.717, 1.165) is 35.1 Å². The number of rotatable bonds is 6. The van der Waals surface area contributed by atoms with E-state index in [9.17, 15) is 4.79 Å². The Bertz CT molecular complexity index is 899. The Morgan fingerprint density at radius 1 is 1.23 bits per heavy atom. The molecule has 5 nitrogen and oxygen atoms in total. The van der Waals surface area contributed by atoms with Gasteiger partial charge < -0.3 is 5.32 Å². The largest absolute Gasteiger partial charge is 0.345 e. The van der Waals surface area contributed by atoms with Crippen molar-refractivity contribution in [1.29, 1.82) is 0 Å². The summed E-state index contributed by atoms with van der Waals surface area (Å²) in [6.45, 7) is 8.16. The molecule has 5 heteroatoms. The van der Waals surface area contributed by atoms with Crippen molar-refractivity contribution in [1.82, 2.24) is 20.1 Å². The number of nitrogens with zero attached hydrogens (tertiary/aromatic N) is 3. The summed E-state index contributed by atoms with van der Waals surface area (Å²) in [5.41, 5.74) is 3.34. The predicted molar refractivity (Wildman–Crippen MR) is 104 cm³/mol. The van der Waals surface area contributed by atoms with Crippen molar-refractivity contribution in [2.24, 2.45) is 0 Å². The lowest BCUT2D eigenvalue weighted by molar-refractivity contribution is 0.0936. The second kappa shape index (κ2) is 7.68. The highest BCUT2D eigenvalue weighted by atomic mass is 16.1. The third-order valence-corrected chi connectivity index (χ3v) is 4.51. The minimum Gasteiger partial charge on any atom is -0.345 e. The van der Waals surface area contributed by atoms with Crippen LogP contribution in [0.1, 0.15) is 67.3 Å². The Labute approximate surface area is 154 Å². The zero-order valence-electron chi connectivity index (χ0n) is 15.9. The summed E-state index contributed by atoms with van der Waals surface area (Å²) in [6.07, 6.45) is 3.64. The standard InChI is InChI=1S/C21H26N4O/c1-5-9-19(16-10-7-6-8-11-16)24-21(26)17-12-15(4)23-20-18(17)13-22-25(20)14(2)3/h6-8,10-14,19H,5,9H2,1-4H3,(H,24,26). The van der Waals surface area contributed by atoms with Crippen molar-refractivity contribution >= 4 is 16.9 Å². The Morgan fingerprint density at radius 3 is 2.62 bits per heavy atom. The molecule has 0 aliphatic carbocycles. The van der Waals surface area contributed by atoms with E-state index >= 15 is 0 Å². The van der Waals surface area contributed by atoms with Crippen LogP contribution in [0.25, 0.3) is 11.0 Å². The van der Waals surface area contributed by atoms with Crippen LogP contribution < -0.4 is 5.32 Å². The van der Waals surface area contributed by atoms with E-state index in [1.807, 2.05) is 35.9 Å². The molecule has 1 N–H and O–H groups in total. The van der Waals surface area contributed by atoms with Crippen molar-refractivity contribution in [3.8, 4) is 0 Å². The minimum absolute atomic E-state index is 0.00244. The van der Waals surface area contributed by atoms with E-state index in [0.29, 0.717) is 5.56 Å². The second-order valence-corrected chi connectivity index (χ2v) is 6.96. The number of hydrogen-bond donors (Lipinski definition) is 1. The highest BCUT2D eigenvalue weighted by Crippen LogP contribution is 2.23. The van der Waals surface area contributed by atoms with E-state index in [4.69, 9.17) is 0 Å². The molecule has 1 aromatic carbocycles. The van der Waals surface area contributed by atoms with Gasteiger partial charge in [0.1, 0.15) is 0 Å². The Morgan fingerprint density at radius 2 is 1.96 bits per heavy atom. The molecule has 0 aliphatic heterocycles. The number of amides is 1. The highest BCUT2D eigenvalue weighted by Gasteiger charge is 2.20. The molecule has 3 rings (SSSR count). The summed E-state index contributed by atoms with van der Waals surface area (Å²) in [7, 11) is 0. The number of nitrogens with one attached hydrogen (secondary N) is 1. The molecule has 0 spiro atoms. The summed E-state index contributed by atoms with van der Waals surface area (Å²) >= 11 is 0. The van der Waals surface area contributed by atoms with Gasteiger partial charge in [0.2, 0.25) is 0 Å². The SMILES string of the molecule is CCCC(NC(=O)c1cc(C)nc2c1cnn2C(C)C)c1ccccc1. The number of pyridine rings is 1. The van der Waals surface area contributed by atoms with Crippen LogP contribution in [0.4, 0.5) is 0 Å². The lowest BCUT2D eigenvalue weighted by Crippen LogP contribution is -2.28. The summed E-state index contributed by atoms with van der Waals surface area (Å²) in [5.74, 6) is -0.0777. The molecule has 0 bridgehead atoms. The van der Waals surface area contributed by atoms with E-state index < -0.39 is 0 Å². The van der Waals surface area contributed by atoms with Crippen molar-refractivity contribution in [2.45, 2.75) is 52.6 Å². The van der Waals surface area contributed by atoms with E-state index in [1.54, 1.807) is 6.20 Å². The Kier molecular flexibility index (Phi) is 5.35. The van der Waals surface area contributed by atoms with Crippen LogP contribution in [-0.4, -0.2) is 20.7 Å². The monoisotopic (exact) mass is 350 g/mol. The van der Waals surface area contributed by atoms with Gasteiger partial charge >= 0.3 is 0 Å². The number of benzene rings is 1. The summed E-state index contributed by atoms with van der Waals surface area (Å²) in [6, 6.07) is 12.2. The minimum atomic E-state index is -0.0777. The molecular formula is C21H26N4O. The first-order valence-corrected chi connectivity index (χ1v) is 9.22. The molecule has 1 amide bonds. The van der Waals surface area contributed by atoms with Gasteiger partial charge in [-0.15, -0.1) is 0 Å². The van der Waals surface area contributed by atoms with Crippen LogP contribution in [0.2, 0.25) is 0 Å². The van der Waals surface area contributed by atoms with Crippen molar-refractivity contribution < 1.29 is 4.79 Å². The van der Waals surface area contributed by atoms with Gasteiger partial charge in [-0.2, -0.15) is 5.10 Å². The van der Waals surface area contributed by atoms with Crippen LogP contribution in [-0.2, 0) is 0 Å². The van der Waals surface area contributed by atoms with Gasteiger partial charge in [-0.3, -0.25) is 4.79 Å². The van der Waals surface area contributed by atoms with Crippen LogP contribution in [0.5, 0.6) is 0 Å². The van der Waals surface area contributed by atoms with Gasteiger partial charge in [-0.05, 0) is 38.8 Å². The molecule has 2 heterocycles. The highest BCUT2D eigenvalue weighted by molar-refractivity contribution is 6.05. The quantitative estimate of drug-likeness (QED) is 0.707. The van der Waals surface area contributed by atoms with E-state index in [1.165, 1.54) is 0 Å². The lowest BCUT2D eigenvalue weighted by Gasteiger charge is -2.19. The van der Waals surface area contributed by atoms with Crippen molar-refractivity contribution in [2.75, 3.05) is 0 Å². The number of carbonyl (C=O) groups excluding carboxylic acids is 1. The molecule has 0 saturated carbocycles. The van der Waals surface area contributed by atoms with Crippen LogP contribution >= 0.6 is 0 Å². The van der Waals surface area contributed by atoms with E-state index in [2.05, 4.69) is 48.3 Å². The van der Waals surface area contributed by atoms with Crippen LogP contribution in [0.15, 0.2) is 42.6 Å². The fourth-order valence-electron chi connectivity index (χ4n) is 3.24. The van der Waals surface area contributed by atoms with Gasteiger partial charge in [0.05, 0.1) is 23.2 Å². The van der Waals surface area contributed by atoms with E-state index in [-0.39, 0.29) is 18.0 Å². The smallest absolute Gasteiger partial charge is 0.252 e. The zero-order chi connectivity index (χ0) is 18.7. The molecular weight excluding hydrogens is 324 g/mol. The number of carbonyl (C=O) groups is 1. The molecule has 0 saturated heterocycles. The molecule has 136 valence electrons. The fourth-order valence-corrected chi connectivity index (χ4v) is 3.24. The van der Waals surface area contributed by atoms with Gasteiger partial charge in [-0.25, -0.2) is 9.67 Å². The topological polar surface area (TPSA) is 59.8 Å². The van der Waals surface area contributed by atoms with Crippen molar-refractivity contribution in [3.63, 3.8) is 0 Å². The molecule has 1 atom stereocenters. The lowest BCUT2D eigenvalue weighted by atomic mass is 10.0. The average molecular weight is 350 g/mol. The first kappa shape index (κ1) is 18.1. The predicted octanol–water partition coefficient (Wildman–Crippen LogP) is 4.59. The Hall–Kier alpha value is -2.69. The molecule has 0 fully saturated rings. The Balaban J connectivity index is 1.96. The molecule has 2 aromatic heterocycles. The average Bonchev–Trinajstić information content (AvgIpc) is 3.05. The molecule has 3 aromatic rings. The summed E-state index contributed by atoms with van der Waals surface area (Å²) in [5, 5.41) is 8.43. The number of hydrogen-bond acceptors (Lipinski definition) is 3. The maximum atomic E-state index is 13.1. The zero-order valence-corrected chi connectivity index (χ0v) is 15.9. The van der Waals surface area contributed by atoms with Crippen molar-refractivity contribution in [3.05, 3.63) is 59.4 Å². The fraction of sp³-hybridized carbons (Fsp3) is 0.381. The maximum absolute atomic E-state index is 13.1. The molecule has 26 heavy (non-hydrogen) atoms. The first-order valence-electron chi connectivity index (χ1n) is 9.22. The second-order valence-electron chi connectivity index (χ2n) is 6.96. The van der Waals surface area contributed by atoms with Gasteiger partial charge in [-0.1, -0.05) is 43.7 Å². The molecule has 0 radical (unpaired) electrons. The third kappa shape index (κ3) is 3.62. The van der Waals surface area contributed by atoms with Crippen LogP contribution in [0, 0.1) is 6.92 Å². The summed E-state index contributed by atoms with van der Waals surface area (Å²) < 4.78 is 1.86. The van der Waals surface area contributed by atoms with Crippen LogP contribution in [0.3, 0.4) is 0 Å².